The molecule has 2 fully saturated rings. The Bertz CT molecular complexity index is 612. The number of carbonyl (C=O) groups excluding carboxylic acids is 1. The van der Waals surface area contributed by atoms with Gasteiger partial charge in [0.05, 0.1) is 6.04 Å². The molecular formula is C21H30N2O. The summed E-state index contributed by atoms with van der Waals surface area (Å²) < 4.78 is 0. The van der Waals surface area contributed by atoms with Crippen LogP contribution in [0.4, 0.5) is 0 Å². The van der Waals surface area contributed by atoms with Crippen LogP contribution < -0.4 is 10.6 Å². The van der Waals surface area contributed by atoms with Crippen LogP contribution in [0.2, 0.25) is 0 Å². The average molecular weight is 326 g/mol. The number of hydrogen-bond donors (Lipinski definition) is 2. The zero-order valence-electron chi connectivity index (χ0n) is 15.0. The fourth-order valence-electron chi connectivity index (χ4n) is 5.22. The summed E-state index contributed by atoms with van der Waals surface area (Å²) in [6.45, 7) is 4.63. The highest BCUT2D eigenvalue weighted by Crippen LogP contribution is 2.41. The molecule has 3 aliphatic rings. The van der Waals surface area contributed by atoms with Crippen molar-refractivity contribution in [2.45, 2.75) is 82.3 Å². The molecule has 1 aromatic rings. The van der Waals surface area contributed by atoms with E-state index in [0.29, 0.717) is 24.4 Å². The van der Waals surface area contributed by atoms with Crippen LogP contribution >= 0.6 is 0 Å². The highest BCUT2D eigenvalue weighted by atomic mass is 16.1. The summed E-state index contributed by atoms with van der Waals surface area (Å²) in [4.78, 5) is 12.7. The molecule has 0 radical (unpaired) electrons. The molecule has 2 saturated heterocycles. The van der Waals surface area contributed by atoms with E-state index in [1.165, 1.54) is 36.8 Å². The average Bonchev–Trinajstić information content (AvgIpc) is 2.89. The number of hydrogen-bond acceptors (Lipinski definition) is 2. The molecular weight excluding hydrogens is 296 g/mol. The van der Waals surface area contributed by atoms with Gasteiger partial charge in [0.2, 0.25) is 5.91 Å². The second-order valence-corrected chi connectivity index (χ2v) is 8.81. The number of carbonyl (C=O) groups is 1. The van der Waals surface area contributed by atoms with E-state index in [-0.39, 0.29) is 17.4 Å². The van der Waals surface area contributed by atoms with Crippen molar-refractivity contribution in [3.8, 4) is 0 Å². The molecule has 24 heavy (non-hydrogen) atoms. The number of nitrogens with one attached hydrogen (secondary N) is 2. The molecule has 0 saturated carbocycles. The van der Waals surface area contributed by atoms with Crippen LogP contribution in [0.5, 0.6) is 0 Å². The molecule has 4 rings (SSSR count). The normalized spacial score (nSPS) is 33.8. The van der Waals surface area contributed by atoms with Crippen LogP contribution in [0.15, 0.2) is 24.3 Å². The molecule has 2 bridgehead atoms. The first-order valence-electron chi connectivity index (χ1n) is 9.66. The second-order valence-electron chi connectivity index (χ2n) is 8.81. The van der Waals surface area contributed by atoms with Crippen LogP contribution in [-0.2, 0) is 10.2 Å². The van der Waals surface area contributed by atoms with Crippen molar-refractivity contribution in [1.82, 2.24) is 10.6 Å². The summed E-state index contributed by atoms with van der Waals surface area (Å²) in [5.74, 6) is 0.819. The number of benzene rings is 1. The van der Waals surface area contributed by atoms with Crippen LogP contribution in [0.25, 0.3) is 0 Å². The molecule has 3 nitrogen and oxygen atoms in total. The molecule has 0 aromatic heterocycles. The van der Waals surface area contributed by atoms with Gasteiger partial charge < -0.3 is 10.6 Å². The van der Waals surface area contributed by atoms with E-state index in [4.69, 9.17) is 0 Å². The van der Waals surface area contributed by atoms with Gasteiger partial charge in [-0.2, -0.15) is 0 Å². The third kappa shape index (κ3) is 3.11. The van der Waals surface area contributed by atoms with Crippen LogP contribution in [-0.4, -0.2) is 18.0 Å². The number of rotatable bonds is 3. The lowest BCUT2D eigenvalue weighted by molar-refractivity contribution is -0.123. The van der Waals surface area contributed by atoms with E-state index in [1.54, 1.807) is 0 Å². The highest BCUT2D eigenvalue weighted by molar-refractivity contribution is 5.77. The number of amides is 1. The predicted molar refractivity (Wildman–Crippen MR) is 96.9 cm³/mol. The van der Waals surface area contributed by atoms with E-state index in [2.05, 4.69) is 48.7 Å². The maximum atomic E-state index is 12.7. The Morgan fingerprint density at radius 2 is 1.88 bits per heavy atom. The fourth-order valence-corrected chi connectivity index (χ4v) is 5.22. The Morgan fingerprint density at radius 1 is 1.17 bits per heavy atom. The van der Waals surface area contributed by atoms with Gasteiger partial charge in [-0.3, -0.25) is 4.79 Å². The first-order chi connectivity index (χ1) is 11.5. The Labute approximate surface area is 145 Å². The van der Waals surface area contributed by atoms with E-state index in [0.717, 1.165) is 12.8 Å². The molecule has 0 spiro atoms. The van der Waals surface area contributed by atoms with Crippen molar-refractivity contribution in [2.75, 3.05) is 0 Å². The van der Waals surface area contributed by atoms with Gasteiger partial charge in [0.25, 0.3) is 0 Å². The van der Waals surface area contributed by atoms with Gasteiger partial charge in [0.15, 0.2) is 0 Å². The van der Waals surface area contributed by atoms with Gasteiger partial charge in [-0.25, -0.2) is 0 Å². The summed E-state index contributed by atoms with van der Waals surface area (Å²) in [6.07, 6.45) is 7.84. The lowest BCUT2D eigenvalue weighted by Gasteiger charge is -2.37. The van der Waals surface area contributed by atoms with Crippen LogP contribution in [0.1, 0.15) is 76.0 Å². The summed E-state index contributed by atoms with van der Waals surface area (Å²) >= 11 is 0. The zero-order chi connectivity index (χ0) is 16.7. The molecule has 1 aromatic carbocycles. The third-order valence-electron chi connectivity index (χ3n) is 6.50. The van der Waals surface area contributed by atoms with Crippen LogP contribution in [0.3, 0.4) is 0 Å². The fraction of sp³-hybridized carbons (Fsp3) is 0.667. The van der Waals surface area contributed by atoms with E-state index in [9.17, 15) is 4.79 Å². The quantitative estimate of drug-likeness (QED) is 0.886. The van der Waals surface area contributed by atoms with Crippen molar-refractivity contribution in [3.05, 3.63) is 35.4 Å². The molecule has 3 heteroatoms. The Morgan fingerprint density at radius 3 is 2.62 bits per heavy atom. The molecule has 130 valence electrons. The molecule has 2 heterocycles. The first-order valence-corrected chi connectivity index (χ1v) is 9.66. The molecule has 3 unspecified atom stereocenters. The topological polar surface area (TPSA) is 41.1 Å². The molecule has 3 atom stereocenters. The maximum absolute atomic E-state index is 12.7. The lowest BCUT2D eigenvalue weighted by atomic mass is 9.71. The Hall–Kier alpha value is -1.35. The standard InChI is InChI=1S/C21H30N2O/c1-21(2)10-9-19(17-5-3-4-6-18(17)21)23-20(24)13-14-11-15-7-8-16(12-14)22-15/h3-6,14-16,19,22H,7-13H2,1-2H3,(H,23,24). The maximum Gasteiger partial charge on any atom is 0.220 e. The van der Waals surface area contributed by atoms with E-state index in [1.807, 2.05) is 0 Å². The Balaban J connectivity index is 1.41. The van der Waals surface area contributed by atoms with Gasteiger partial charge in [-0.05, 0) is 61.0 Å². The Kier molecular flexibility index (Phi) is 4.16. The molecule has 1 amide bonds. The molecule has 1 aliphatic carbocycles. The minimum atomic E-state index is 0.195. The van der Waals surface area contributed by atoms with Crippen molar-refractivity contribution >= 4 is 5.91 Å². The summed E-state index contributed by atoms with van der Waals surface area (Å²) in [5, 5.41) is 7.02. The number of piperidine rings is 1. The SMILES string of the molecule is CC1(C)CCC(NC(=O)CC2CC3CCC(C2)N3)c2ccccc21. The minimum Gasteiger partial charge on any atom is -0.349 e. The predicted octanol–water partition coefficient (Wildman–Crippen LogP) is 3.84. The van der Waals surface area contributed by atoms with Gasteiger partial charge in [-0.1, -0.05) is 38.1 Å². The van der Waals surface area contributed by atoms with E-state index < -0.39 is 0 Å². The first kappa shape index (κ1) is 16.1. The second kappa shape index (κ2) is 6.18. The van der Waals surface area contributed by atoms with E-state index >= 15 is 0 Å². The molecule has 2 aliphatic heterocycles. The van der Waals surface area contributed by atoms with Gasteiger partial charge in [-0.15, -0.1) is 0 Å². The summed E-state index contributed by atoms with van der Waals surface area (Å²) in [7, 11) is 0. The lowest BCUT2D eigenvalue weighted by Crippen LogP contribution is -2.41. The third-order valence-corrected chi connectivity index (χ3v) is 6.50. The summed E-state index contributed by atoms with van der Waals surface area (Å²) in [6, 6.07) is 10.2. The largest absolute Gasteiger partial charge is 0.349 e. The van der Waals surface area contributed by atoms with Crippen molar-refractivity contribution in [1.29, 1.82) is 0 Å². The molecule has 2 N–H and O–H groups in total. The van der Waals surface area contributed by atoms with Gasteiger partial charge >= 0.3 is 0 Å². The smallest absolute Gasteiger partial charge is 0.220 e. The van der Waals surface area contributed by atoms with Crippen LogP contribution in [0, 0.1) is 5.92 Å². The monoisotopic (exact) mass is 326 g/mol. The van der Waals surface area contributed by atoms with Crippen molar-refractivity contribution in [3.63, 3.8) is 0 Å². The summed E-state index contributed by atoms with van der Waals surface area (Å²) in [5.41, 5.74) is 2.94. The minimum absolute atomic E-state index is 0.195. The number of fused-ring (bicyclic) bond motifs is 3. The van der Waals surface area contributed by atoms with Crippen molar-refractivity contribution in [2.24, 2.45) is 5.92 Å². The van der Waals surface area contributed by atoms with Gasteiger partial charge in [0, 0.05) is 18.5 Å². The van der Waals surface area contributed by atoms with Gasteiger partial charge in [0.1, 0.15) is 0 Å². The highest BCUT2D eigenvalue weighted by Gasteiger charge is 2.36. The van der Waals surface area contributed by atoms with Crippen molar-refractivity contribution < 1.29 is 4.79 Å². The zero-order valence-corrected chi connectivity index (χ0v) is 15.0.